The first kappa shape index (κ1) is 17.0. The van der Waals surface area contributed by atoms with E-state index in [-0.39, 0.29) is 18.0 Å². The zero-order valence-corrected chi connectivity index (χ0v) is 16.7. The number of nitrogens with zero attached hydrogens (tertiary/aromatic N) is 4. The van der Waals surface area contributed by atoms with E-state index < -0.39 is 0 Å². The fraction of sp³-hybridized carbons (Fsp3) is 0.238. The Kier molecular flexibility index (Phi) is 3.17. The molecule has 3 aromatic heterocycles. The van der Waals surface area contributed by atoms with Gasteiger partial charge in [0.15, 0.2) is 0 Å². The summed E-state index contributed by atoms with van der Waals surface area (Å²) >= 11 is 0. The Hall–Kier alpha value is -3.88. The van der Waals surface area contributed by atoms with Crippen molar-refractivity contribution in [2.45, 2.75) is 26.4 Å². The van der Waals surface area contributed by atoms with Gasteiger partial charge in [-0.15, -0.1) is 0 Å². The molecule has 30 heavy (non-hydrogen) atoms. The first-order valence-electron chi connectivity index (χ1n) is 9.85. The van der Waals surface area contributed by atoms with E-state index >= 15 is 0 Å². The van der Waals surface area contributed by atoms with Gasteiger partial charge in [-0.05, 0) is 32.0 Å². The van der Waals surface area contributed by atoms with Gasteiger partial charge in [0.1, 0.15) is 17.8 Å². The van der Waals surface area contributed by atoms with Crippen LogP contribution in [0.5, 0.6) is 0 Å². The maximum Gasteiger partial charge on any atom is 0.326 e. The summed E-state index contributed by atoms with van der Waals surface area (Å²) in [5.74, 6) is 0.529. The summed E-state index contributed by atoms with van der Waals surface area (Å²) in [7, 11) is 1.59. The lowest BCUT2D eigenvalue weighted by Gasteiger charge is -2.16. The van der Waals surface area contributed by atoms with Crippen LogP contribution in [-0.2, 0) is 6.54 Å². The second-order valence-corrected chi connectivity index (χ2v) is 7.86. The zero-order valence-electron chi connectivity index (χ0n) is 16.7. The Bertz CT molecular complexity index is 1430. The van der Waals surface area contributed by atoms with E-state index in [1.165, 1.54) is 0 Å². The van der Waals surface area contributed by atoms with Crippen LogP contribution in [0.2, 0.25) is 0 Å². The molecule has 150 valence electrons. The molecule has 0 radical (unpaired) electrons. The van der Waals surface area contributed by atoms with Gasteiger partial charge in [0.25, 0.3) is 5.91 Å². The molecule has 4 aromatic rings. The quantitative estimate of drug-likeness (QED) is 0.421. The molecule has 0 bridgehead atoms. The van der Waals surface area contributed by atoms with Gasteiger partial charge >= 0.3 is 6.03 Å². The van der Waals surface area contributed by atoms with Crippen LogP contribution in [0.4, 0.5) is 16.3 Å². The molecule has 9 nitrogen and oxygen atoms in total. The summed E-state index contributed by atoms with van der Waals surface area (Å²) in [5, 5.41) is 10.9. The van der Waals surface area contributed by atoms with Gasteiger partial charge in [-0.3, -0.25) is 9.36 Å². The van der Waals surface area contributed by atoms with E-state index in [0.717, 1.165) is 44.9 Å². The highest BCUT2D eigenvalue weighted by Crippen LogP contribution is 2.51. The Morgan fingerprint density at radius 2 is 2.10 bits per heavy atom. The third kappa shape index (κ3) is 1.91. The molecule has 0 atom stereocenters. The fourth-order valence-corrected chi connectivity index (χ4v) is 4.77. The third-order valence-electron chi connectivity index (χ3n) is 5.95. The largest absolute Gasteiger partial charge is 0.355 e. The number of hydrogen-bond donors (Lipinski definition) is 3. The van der Waals surface area contributed by atoms with Gasteiger partial charge in [0, 0.05) is 35.3 Å². The second kappa shape index (κ2) is 5.59. The van der Waals surface area contributed by atoms with E-state index in [1.54, 1.807) is 30.1 Å². The number of anilines is 2. The molecule has 1 aromatic carbocycles. The molecule has 2 amide bonds. The van der Waals surface area contributed by atoms with Gasteiger partial charge < -0.3 is 20.5 Å². The van der Waals surface area contributed by atoms with Crippen LogP contribution in [0.15, 0.2) is 24.5 Å². The SMILES string of the molecule is CNC(=O)c1ccc2c3c4n(c2c1)C(=O)NCc1c-4c2c(ncnc2n1C(C)C)N3. The molecular weight excluding hydrogens is 382 g/mol. The minimum absolute atomic E-state index is 0.160. The van der Waals surface area contributed by atoms with Crippen LogP contribution in [0.3, 0.4) is 0 Å². The van der Waals surface area contributed by atoms with E-state index in [9.17, 15) is 9.59 Å². The number of fused-ring (bicyclic) bond motifs is 3. The highest BCUT2D eigenvalue weighted by molar-refractivity contribution is 6.19. The number of carbonyl (C=O) groups is 2. The first-order valence-corrected chi connectivity index (χ1v) is 9.85. The van der Waals surface area contributed by atoms with Crippen molar-refractivity contribution >= 4 is 45.4 Å². The fourth-order valence-electron chi connectivity index (χ4n) is 4.77. The summed E-state index contributed by atoms with van der Waals surface area (Å²) in [4.78, 5) is 34.4. The van der Waals surface area contributed by atoms with E-state index in [1.807, 2.05) is 6.07 Å². The molecule has 5 heterocycles. The highest BCUT2D eigenvalue weighted by atomic mass is 16.2. The second-order valence-electron chi connectivity index (χ2n) is 7.86. The Morgan fingerprint density at radius 3 is 2.87 bits per heavy atom. The number of rotatable bonds is 2. The van der Waals surface area contributed by atoms with Crippen molar-refractivity contribution in [3.63, 3.8) is 0 Å². The highest BCUT2D eigenvalue weighted by Gasteiger charge is 2.36. The Balaban J connectivity index is 1.80. The van der Waals surface area contributed by atoms with Crippen LogP contribution >= 0.6 is 0 Å². The number of benzene rings is 1. The zero-order chi connectivity index (χ0) is 20.7. The molecule has 9 heteroatoms. The van der Waals surface area contributed by atoms with Crippen molar-refractivity contribution in [2.75, 3.05) is 12.4 Å². The minimum atomic E-state index is -0.225. The summed E-state index contributed by atoms with van der Waals surface area (Å²) in [6.07, 6.45) is 1.56. The average Bonchev–Trinajstić information content (AvgIpc) is 3.20. The van der Waals surface area contributed by atoms with Crippen LogP contribution in [0, 0.1) is 0 Å². The number of hydrogen-bond acceptors (Lipinski definition) is 5. The predicted octanol–water partition coefficient (Wildman–Crippen LogP) is 3.12. The van der Waals surface area contributed by atoms with Crippen molar-refractivity contribution in [2.24, 2.45) is 0 Å². The smallest absolute Gasteiger partial charge is 0.326 e. The normalized spacial score (nSPS) is 14.1. The maximum absolute atomic E-state index is 13.2. The van der Waals surface area contributed by atoms with Crippen molar-refractivity contribution in [3.05, 3.63) is 35.8 Å². The van der Waals surface area contributed by atoms with Crippen molar-refractivity contribution in [1.82, 2.24) is 29.7 Å². The van der Waals surface area contributed by atoms with E-state index in [4.69, 9.17) is 0 Å². The van der Waals surface area contributed by atoms with E-state index in [2.05, 4.69) is 44.3 Å². The minimum Gasteiger partial charge on any atom is -0.355 e. The van der Waals surface area contributed by atoms with Crippen LogP contribution in [-0.4, -0.2) is 38.1 Å². The summed E-state index contributed by atoms with van der Waals surface area (Å²) in [6, 6.07) is 5.33. The summed E-state index contributed by atoms with van der Waals surface area (Å²) < 4.78 is 3.83. The van der Waals surface area contributed by atoms with Crippen LogP contribution in [0.1, 0.15) is 35.9 Å². The monoisotopic (exact) mass is 401 g/mol. The van der Waals surface area contributed by atoms with Gasteiger partial charge in [0.2, 0.25) is 0 Å². The molecule has 3 N–H and O–H groups in total. The van der Waals surface area contributed by atoms with Crippen LogP contribution in [0.25, 0.3) is 33.2 Å². The predicted molar refractivity (Wildman–Crippen MR) is 113 cm³/mol. The molecule has 0 saturated heterocycles. The number of aromatic nitrogens is 4. The summed E-state index contributed by atoms with van der Waals surface area (Å²) in [5.41, 5.74) is 5.60. The topological polar surface area (TPSA) is 106 Å². The van der Waals surface area contributed by atoms with Gasteiger partial charge in [-0.2, -0.15) is 0 Å². The lowest BCUT2D eigenvalue weighted by molar-refractivity contribution is 0.0963. The number of nitrogens with one attached hydrogen (secondary N) is 3. The van der Waals surface area contributed by atoms with Gasteiger partial charge in [-0.25, -0.2) is 14.8 Å². The maximum atomic E-state index is 13.2. The first-order chi connectivity index (χ1) is 14.5. The molecule has 0 fully saturated rings. The molecule has 6 rings (SSSR count). The summed E-state index contributed by atoms with van der Waals surface area (Å²) in [6.45, 7) is 4.59. The van der Waals surface area contributed by atoms with Crippen molar-refractivity contribution in [1.29, 1.82) is 0 Å². The number of amides is 2. The molecule has 2 aliphatic heterocycles. The van der Waals surface area contributed by atoms with Crippen molar-refractivity contribution < 1.29 is 9.59 Å². The molecule has 0 saturated carbocycles. The van der Waals surface area contributed by atoms with Gasteiger partial charge in [-0.1, -0.05) is 0 Å². The van der Waals surface area contributed by atoms with Crippen molar-refractivity contribution in [3.8, 4) is 11.3 Å². The van der Waals surface area contributed by atoms with Gasteiger partial charge in [0.05, 0.1) is 28.8 Å². The third-order valence-corrected chi connectivity index (χ3v) is 5.95. The molecular formula is C21H19N7O2. The lowest BCUT2D eigenvalue weighted by atomic mass is 10.0. The van der Waals surface area contributed by atoms with E-state index in [0.29, 0.717) is 17.6 Å². The molecule has 2 aliphatic rings. The standard InChI is InChI=1S/C21H19N7O2/c1-9(2)27-13-7-23-21(30)28-12-6-10(20(29)22-3)4-5-11(12)16-17(28)14(13)15-18(26-16)24-8-25-19(15)27/h4-6,8-9H,7H2,1-3H3,(H,22,29)(H,23,30)(H,24,25,26). The Labute approximate surface area is 171 Å². The molecule has 0 unspecified atom stereocenters. The Morgan fingerprint density at radius 1 is 1.27 bits per heavy atom. The number of carbonyl (C=O) groups excluding carboxylic acids is 2. The average molecular weight is 401 g/mol. The lowest BCUT2D eigenvalue weighted by Crippen LogP contribution is -2.27. The molecule has 0 spiro atoms. The molecule has 0 aliphatic carbocycles. The van der Waals surface area contributed by atoms with Crippen LogP contribution < -0.4 is 16.0 Å².